The third-order valence-electron chi connectivity index (χ3n) is 3.84. The fourth-order valence-electron chi connectivity index (χ4n) is 2.79. The molecule has 8 heteroatoms. The number of ether oxygens (including phenoxy) is 2. The van der Waals surface area contributed by atoms with Gasteiger partial charge < -0.3 is 24.8 Å². The number of aliphatic carboxylic acids is 1. The lowest BCUT2D eigenvalue weighted by molar-refractivity contribution is -0.138. The summed E-state index contributed by atoms with van der Waals surface area (Å²) in [7, 11) is 0. The van der Waals surface area contributed by atoms with Crippen LogP contribution in [0.3, 0.4) is 0 Å². The summed E-state index contributed by atoms with van der Waals surface area (Å²) in [4.78, 5) is 37.1. The Morgan fingerprint density at radius 3 is 2.04 bits per heavy atom. The van der Waals surface area contributed by atoms with Crippen LogP contribution in [-0.4, -0.2) is 58.5 Å². The number of hydrogen-bond acceptors (Lipinski definition) is 5. The Labute approximate surface area is 155 Å². The highest BCUT2D eigenvalue weighted by Crippen LogP contribution is 2.23. The van der Waals surface area contributed by atoms with Crippen molar-refractivity contribution in [1.29, 1.82) is 0 Å². The van der Waals surface area contributed by atoms with Crippen molar-refractivity contribution in [2.24, 2.45) is 5.92 Å². The number of amides is 2. The van der Waals surface area contributed by atoms with Gasteiger partial charge in [0.2, 0.25) is 0 Å². The first-order valence-electron chi connectivity index (χ1n) is 8.96. The van der Waals surface area contributed by atoms with Gasteiger partial charge in [-0.25, -0.2) is 9.59 Å². The molecule has 8 nitrogen and oxygen atoms in total. The minimum atomic E-state index is -0.934. The van der Waals surface area contributed by atoms with Gasteiger partial charge in [0, 0.05) is 19.1 Å². The van der Waals surface area contributed by atoms with Crippen molar-refractivity contribution in [3.8, 4) is 0 Å². The van der Waals surface area contributed by atoms with Crippen LogP contribution in [0.4, 0.5) is 9.59 Å². The predicted octanol–water partition coefficient (Wildman–Crippen LogP) is 3.00. The lowest BCUT2D eigenvalue weighted by Gasteiger charge is -2.27. The lowest BCUT2D eigenvalue weighted by Crippen LogP contribution is -2.44. The van der Waals surface area contributed by atoms with E-state index in [2.05, 4.69) is 5.32 Å². The lowest BCUT2D eigenvalue weighted by atomic mass is 9.92. The van der Waals surface area contributed by atoms with Crippen LogP contribution in [0.15, 0.2) is 0 Å². The van der Waals surface area contributed by atoms with Crippen molar-refractivity contribution in [1.82, 2.24) is 10.2 Å². The van der Waals surface area contributed by atoms with Gasteiger partial charge in [-0.15, -0.1) is 0 Å². The van der Waals surface area contributed by atoms with E-state index in [1.165, 1.54) is 0 Å². The number of likely N-dealkylation sites (tertiary alicyclic amines) is 1. The van der Waals surface area contributed by atoms with Crippen LogP contribution in [0.5, 0.6) is 0 Å². The molecule has 0 bridgehead atoms. The molecule has 1 aliphatic heterocycles. The van der Waals surface area contributed by atoms with Gasteiger partial charge in [-0.2, -0.15) is 0 Å². The Balaban J connectivity index is 2.79. The number of rotatable bonds is 3. The topological polar surface area (TPSA) is 105 Å². The third kappa shape index (κ3) is 8.40. The summed E-state index contributed by atoms with van der Waals surface area (Å²) in [6, 6.07) is -0.381. The fourth-order valence-corrected chi connectivity index (χ4v) is 2.79. The van der Waals surface area contributed by atoms with E-state index in [0.29, 0.717) is 25.9 Å². The zero-order valence-electron chi connectivity index (χ0n) is 16.6. The second kappa shape index (κ2) is 8.60. The highest BCUT2D eigenvalue weighted by molar-refractivity contribution is 5.70. The number of alkyl carbamates (subject to hydrolysis) is 1. The molecule has 0 unspecified atom stereocenters. The number of nitrogens with zero attached hydrogens (tertiary/aromatic N) is 1. The number of hydrogen-bond donors (Lipinski definition) is 2. The van der Waals surface area contributed by atoms with Gasteiger partial charge in [-0.3, -0.25) is 4.79 Å². The first-order chi connectivity index (χ1) is 11.8. The molecule has 1 rings (SSSR count). The van der Waals surface area contributed by atoms with E-state index in [9.17, 15) is 19.5 Å². The van der Waals surface area contributed by atoms with Gasteiger partial charge in [0.05, 0.1) is 6.42 Å². The Morgan fingerprint density at radius 2 is 1.54 bits per heavy atom. The van der Waals surface area contributed by atoms with Crippen molar-refractivity contribution in [3.63, 3.8) is 0 Å². The zero-order chi connectivity index (χ0) is 20.1. The van der Waals surface area contributed by atoms with E-state index in [-0.39, 0.29) is 18.4 Å². The molecule has 2 amide bonds. The minimum absolute atomic E-state index is 0.0807. The summed E-state index contributed by atoms with van der Waals surface area (Å²) in [5.74, 6) is -1.22. The van der Waals surface area contributed by atoms with Gasteiger partial charge >= 0.3 is 18.2 Å². The molecule has 1 fully saturated rings. The molecule has 0 saturated carbocycles. The number of carbonyl (C=O) groups is 3. The molecule has 150 valence electrons. The predicted molar refractivity (Wildman–Crippen MR) is 95.9 cm³/mol. The molecule has 0 spiro atoms. The first-order valence-corrected chi connectivity index (χ1v) is 8.96. The zero-order valence-corrected chi connectivity index (χ0v) is 16.6. The van der Waals surface area contributed by atoms with E-state index in [1.54, 1.807) is 46.4 Å². The molecule has 2 atom stereocenters. The first kappa shape index (κ1) is 22.1. The molecule has 2 N–H and O–H groups in total. The van der Waals surface area contributed by atoms with E-state index in [0.717, 1.165) is 0 Å². The number of nitrogens with one attached hydrogen (secondary N) is 1. The average molecular weight is 372 g/mol. The quantitative estimate of drug-likeness (QED) is 0.789. The SMILES string of the molecule is CC(C)(C)OC(=O)N[C@@H]1CCN(C(=O)OC(C)(C)C)CC[C@@H]1CC(=O)O. The molecular formula is C18H32N2O6. The maximum absolute atomic E-state index is 12.3. The Hall–Kier alpha value is -1.99. The maximum atomic E-state index is 12.3. The van der Waals surface area contributed by atoms with Gasteiger partial charge in [0.15, 0.2) is 0 Å². The van der Waals surface area contributed by atoms with Gasteiger partial charge in [0.1, 0.15) is 11.2 Å². The van der Waals surface area contributed by atoms with E-state index in [4.69, 9.17) is 9.47 Å². The van der Waals surface area contributed by atoms with Gasteiger partial charge in [-0.1, -0.05) is 0 Å². The maximum Gasteiger partial charge on any atom is 0.410 e. The Bertz CT molecular complexity index is 521. The summed E-state index contributed by atoms with van der Waals surface area (Å²) >= 11 is 0. The van der Waals surface area contributed by atoms with Crippen molar-refractivity contribution in [2.45, 2.75) is 78.0 Å². The van der Waals surface area contributed by atoms with E-state index in [1.807, 2.05) is 0 Å². The van der Waals surface area contributed by atoms with Crippen molar-refractivity contribution in [3.05, 3.63) is 0 Å². The average Bonchev–Trinajstić information content (AvgIpc) is 2.57. The second-order valence-electron chi connectivity index (χ2n) is 8.66. The van der Waals surface area contributed by atoms with Crippen LogP contribution >= 0.6 is 0 Å². The molecule has 0 radical (unpaired) electrons. The number of carboxylic acid groups (broad SMARTS) is 1. The van der Waals surface area contributed by atoms with Crippen LogP contribution in [0.25, 0.3) is 0 Å². The van der Waals surface area contributed by atoms with Crippen LogP contribution in [0.1, 0.15) is 60.8 Å². The summed E-state index contributed by atoms with van der Waals surface area (Å²) in [5, 5.41) is 11.9. The summed E-state index contributed by atoms with van der Waals surface area (Å²) in [5.41, 5.74) is -1.24. The van der Waals surface area contributed by atoms with Gasteiger partial charge in [-0.05, 0) is 60.3 Å². The molecule has 1 heterocycles. The van der Waals surface area contributed by atoms with Crippen molar-refractivity contribution in [2.75, 3.05) is 13.1 Å². The molecule has 0 aliphatic carbocycles. The highest BCUT2D eigenvalue weighted by atomic mass is 16.6. The summed E-state index contributed by atoms with van der Waals surface area (Å²) in [6.07, 6.45) is -0.182. The van der Waals surface area contributed by atoms with Crippen molar-refractivity contribution < 1.29 is 29.0 Å². The molecule has 0 aromatic rings. The summed E-state index contributed by atoms with van der Waals surface area (Å²) in [6.45, 7) is 11.4. The van der Waals surface area contributed by atoms with Crippen LogP contribution in [-0.2, 0) is 14.3 Å². The summed E-state index contributed by atoms with van der Waals surface area (Å²) < 4.78 is 10.7. The number of carboxylic acids is 1. The number of carbonyl (C=O) groups excluding carboxylic acids is 2. The monoisotopic (exact) mass is 372 g/mol. The molecule has 0 aromatic heterocycles. The van der Waals surface area contributed by atoms with Crippen LogP contribution in [0, 0.1) is 5.92 Å². The van der Waals surface area contributed by atoms with Crippen molar-refractivity contribution >= 4 is 18.2 Å². The van der Waals surface area contributed by atoms with E-state index >= 15 is 0 Å². The minimum Gasteiger partial charge on any atom is -0.481 e. The molecule has 0 aromatic carbocycles. The molecular weight excluding hydrogens is 340 g/mol. The van der Waals surface area contributed by atoms with E-state index < -0.39 is 29.4 Å². The Kier molecular flexibility index (Phi) is 7.29. The smallest absolute Gasteiger partial charge is 0.410 e. The van der Waals surface area contributed by atoms with Crippen LogP contribution in [0.2, 0.25) is 0 Å². The molecule has 1 saturated heterocycles. The van der Waals surface area contributed by atoms with Gasteiger partial charge in [0.25, 0.3) is 0 Å². The molecule has 26 heavy (non-hydrogen) atoms. The molecule has 1 aliphatic rings. The fraction of sp³-hybridized carbons (Fsp3) is 0.833. The largest absolute Gasteiger partial charge is 0.481 e. The Morgan fingerprint density at radius 1 is 1.00 bits per heavy atom. The standard InChI is InChI=1S/C18H32N2O6/c1-17(2,3)25-15(23)19-13-8-10-20(16(24)26-18(4,5)6)9-7-12(13)11-14(21)22/h12-13H,7-11H2,1-6H3,(H,19,23)(H,21,22)/t12-,13-/m1/s1. The second-order valence-corrected chi connectivity index (χ2v) is 8.66. The van der Waals surface area contributed by atoms with Crippen LogP contribution < -0.4 is 5.32 Å². The third-order valence-corrected chi connectivity index (χ3v) is 3.84. The normalized spacial score (nSPS) is 21.5. The highest BCUT2D eigenvalue weighted by Gasteiger charge is 2.33.